The number of carbonyl (C=O) groups excluding carboxylic acids is 1. The fourth-order valence-corrected chi connectivity index (χ4v) is 3.45. The Labute approximate surface area is 149 Å². The lowest BCUT2D eigenvalue weighted by Crippen LogP contribution is -2.46. The number of nitrogens with zero attached hydrogens (tertiary/aromatic N) is 1. The summed E-state index contributed by atoms with van der Waals surface area (Å²) >= 11 is 0. The maximum Gasteiger partial charge on any atom is 0.263 e. The molecule has 1 aliphatic carbocycles. The summed E-state index contributed by atoms with van der Waals surface area (Å²) in [6.07, 6.45) is 2.32. The monoisotopic (exact) mass is 339 g/mol. The molecule has 0 bridgehead atoms. The van der Waals surface area contributed by atoms with Crippen molar-refractivity contribution in [2.24, 2.45) is 0 Å². The van der Waals surface area contributed by atoms with Gasteiger partial charge in [0.1, 0.15) is 5.75 Å². The first-order valence-corrected chi connectivity index (χ1v) is 8.78. The van der Waals surface area contributed by atoms with Gasteiger partial charge < -0.3 is 14.7 Å². The van der Waals surface area contributed by atoms with Crippen molar-refractivity contribution in [3.8, 4) is 5.75 Å². The predicted octanol–water partition coefficient (Wildman–Crippen LogP) is 2.96. The molecule has 0 aromatic heterocycles. The van der Waals surface area contributed by atoms with Crippen molar-refractivity contribution >= 4 is 5.91 Å². The number of aliphatic hydroxyl groups is 1. The molecule has 0 fully saturated rings. The summed E-state index contributed by atoms with van der Waals surface area (Å²) in [5.41, 5.74) is 3.50. The summed E-state index contributed by atoms with van der Waals surface area (Å²) in [7, 11) is 1.87. The zero-order valence-corrected chi connectivity index (χ0v) is 14.8. The summed E-state index contributed by atoms with van der Waals surface area (Å²) < 4.78 is 5.80. The molecule has 2 aromatic carbocycles. The summed E-state index contributed by atoms with van der Waals surface area (Å²) in [5, 5.41) is 9.21. The number of likely N-dealkylation sites (N-methyl/N-ethyl adjacent to an activating group) is 1. The van der Waals surface area contributed by atoms with E-state index in [9.17, 15) is 9.90 Å². The van der Waals surface area contributed by atoms with Gasteiger partial charge in [-0.2, -0.15) is 0 Å². The van der Waals surface area contributed by atoms with Gasteiger partial charge in [-0.25, -0.2) is 0 Å². The van der Waals surface area contributed by atoms with Crippen LogP contribution in [0.1, 0.15) is 30.0 Å². The van der Waals surface area contributed by atoms with Crippen LogP contribution in [0.25, 0.3) is 0 Å². The molecule has 2 atom stereocenters. The average Bonchev–Trinajstić information content (AvgIpc) is 2.66. The molecule has 4 heteroatoms. The number of benzene rings is 2. The van der Waals surface area contributed by atoms with Crippen LogP contribution in [0.3, 0.4) is 0 Å². The van der Waals surface area contributed by atoms with E-state index < -0.39 is 6.10 Å². The van der Waals surface area contributed by atoms with Crippen molar-refractivity contribution in [2.45, 2.75) is 44.9 Å². The van der Waals surface area contributed by atoms with E-state index in [2.05, 4.69) is 24.3 Å². The summed E-state index contributed by atoms with van der Waals surface area (Å²) in [6.45, 7) is 1.74. The summed E-state index contributed by atoms with van der Waals surface area (Å²) in [4.78, 5) is 14.6. The van der Waals surface area contributed by atoms with Gasteiger partial charge in [0.05, 0.1) is 6.61 Å². The van der Waals surface area contributed by atoms with Crippen LogP contribution in [0, 0.1) is 0 Å². The van der Waals surface area contributed by atoms with E-state index in [4.69, 9.17) is 4.74 Å². The molecule has 3 rings (SSSR count). The fraction of sp³-hybridized carbons (Fsp3) is 0.381. The number of hydrogen-bond donors (Lipinski definition) is 1. The molecule has 0 aliphatic heterocycles. The van der Waals surface area contributed by atoms with Gasteiger partial charge in [-0.15, -0.1) is 0 Å². The largest absolute Gasteiger partial charge is 0.481 e. The maximum atomic E-state index is 12.8. The minimum absolute atomic E-state index is 0.0150. The van der Waals surface area contributed by atoms with Gasteiger partial charge in [0.25, 0.3) is 5.91 Å². The number of carbonyl (C=O) groups is 1. The number of aliphatic hydroxyl groups excluding tert-OH is 1. The van der Waals surface area contributed by atoms with E-state index in [1.165, 1.54) is 11.1 Å². The third kappa shape index (κ3) is 4.02. The van der Waals surface area contributed by atoms with Crippen molar-refractivity contribution in [1.29, 1.82) is 0 Å². The van der Waals surface area contributed by atoms with Crippen molar-refractivity contribution < 1.29 is 14.6 Å². The van der Waals surface area contributed by atoms with Crippen LogP contribution in [0.15, 0.2) is 48.5 Å². The van der Waals surface area contributed by atoms with E-state index in [1.54, 1.807) is 19.1 Å². The molecule has 2 unspecified atom stereocenters. The highest BCUT2D eigenvalue weighted by Crippen LogP contribution is 2.24. The van der Waals surface area contributed by atoms with E-state index in [0.29, 0.717) is 5.75 Å². The molecule has 1 N–H and O–H groups in total. The van der Waals surface area contributed by atoms with E-state index in [1.807, 2.05) is 24.1 Å². The minimum Gasteiger partial charge on any atom is -0.481 e. The molecule has 4 nitrogen and oxygen atoms in total. The first-order chi connectivity index (χ1) is 12.1. The lowest BCUT2D eigenvalue weighted by atomic mass is 9.87. The molecular formula is C21H25NO3. The van der Waals surface area contributed by atoms with Gasteiger partial charge in [-0.1, -0.05) is 36.4 Å². The van der Waals surface area contributed by atoms with E-state index in [0.717, 1.165) is 24.8 Å². The Hall–Kier alpha value is -2.33. The third-order valence-electron chi connectivity index (χ3n) is 4.96. The van der Waals surface area contributed by atoms with E-state index in [-0.39, 0.29) is 18.6 Å². The minimum atomic E-state index is -0.559. The molecule has 132 valence electrons. The molecule has 25 heavy (non-hydrogen) atoms. The molecule has 0 radical (unpaired) electrons. The first-order valence-electron chi connectivity index (χ1n) is 8.78. The number of ether oxygens (including phenoxy) is 1. The van der Waals surface area contributed by atoms with Gasteiger partial charge in [0, 0.05) is 13.1 Å². The quantitative estimate of drug-likeness (QED) is 0.911. The molecule has 0 heterocycles. The number of rotatable bonds is 5. The number of aryl methyl sites for hydroxylation is 1. The van der Waals surface area contributed by atoms with Crippen LogP contribution in [0.2, 0.25) is 0 Å². The Morgan fingerprint density at radius 2 is 2.00 bits per heavy atom. The number of fused-ring (bicyclic) bond motifs is 1. The van der Waals surface area contributed by atoms with Crippen molar-refractivity contribution in [1.82, 2.24) is 4.90 Å². The molecule has 1 aliphatic rings. The standard InChI is InChI=1S/C21H25NO3/c1-15(25-20-9-5-6-16(12-20)14-23)21(24)22(2)19-11-10-17-7-3-4-8-18(17)13-19/h3-9,12,15,19,23H,10-11,13-14H2,1-2H3. The van der Waals surface area contributed by atoms with Gasteiger partial charge >= 0.3 is 0 Å². The van der Waals surface area contributed by atoms with Crippen LogP contribution in [-0.2, 0) is 24.2 Å². The van der Waals surface area contributed by atoms with Gasteiger partial charge in [-0.3, -0.25) is 4.79 Å². The first kappa shape index (κ1) is 17.5. The van der Waals surface area contributed by atoms with E-state index >= 15 is 0 Å². The van der Waals surface area contributed by atoms with Crippen LogP contribution in [-0.4, -0.2) is 35.1 Å². The maximum absolute atomic E-state index is 12.8. The highest BCUT2D eigenvalue weighted by molar-refractivity contribution is 5.81. The normalized spacial score (nSPS) is 17.5. The SMILES string of the molecule is CC(Oc1cccc(CO)c1)C(=O)N(C)C1CCc2ccccc2C1. The predicted molar refractivity (Wildman–Crippen MR) is 97.5 cm³/mol. The van der Waals surface area contributed by atoms with Crippen LogP contribution < -0.4 is 4.74 Å². The van der Waals surface area contributed by atoms with Crippen LogP contribution >= 0.6 is 0 Å². The number of amides is 1. The van der Waals surface area contributed by atoms with Crippen molar-refractivity contribution in [3.63, 3.8) is 0 Å². The van der Waals surface area contributed by atoms with Crippen LogP contribution in [0.5, 0.6) is 5.75 Å². The zero-order valence-electron chi connectivity index (χ0n) is 14.8. The summed E-state index contributed by atoms with van der Waals surface area (Å²) in [6, 6.07) is 15.9. The lowest BCUT2D eigenvalue weighted by molar-refractivity contribution is -0.139. The van der Waals surface area contributed by atoms with Gasteiger partial charge in [-0.05, 0) is 55.0 Å². The highest BCUT2D eigenvalue weighted by Gasteiger charge is 2.28. The highest BCUT2D eigenvalue weighted by atomic mass is 16.5. The Morgan fingerprint density at radius 3 is 2.76 bits per heavy atom. The lowest BCUT2D eigenvalue weighted by Gasteiger charge is -2.34. The Bertz CT molecular complexity index is 743. The Kier molecular flexibility index (Phi) is 5.39. The second-order valence-corrected chi connectivity index (χ2v) is 6.68. The molecular weight excluding hydrogens is 314 g/mol. The molecule has 1 amide bonds. The van der Waals surface area contributed by atoms with Gasteiger partial charge in [0.15, 0.2) is 6.10 Å². The van der Waals surface area contributed by atoms with Crippen molar-refractivity contribution in [2.75, 3.05) is 7.05 Å². The summed E-state index contributed by atoms with van der Waals surface area (Å²) in [5.74, 6) is 0.591. The second-order valence-electron chi connectivity index (χ2n) is 6.68. The average molecular weight is 339 g/mol. The molecule has 2 aromatic rings. The Balaban J connectivity index is 1.64. The Morgan fingerprint density at radius 1 is 1.24 bits per heavy atom. The van der Waals surface area contributed by atoms with Crippen LogP contribution in [0.4, 0.5) is 0 Å². The zero-order chi connectivity index (χ0) is 17.8. The molecule has 0 saturated heterocycles. The smallest absolute Gasteiger partial charge is 0.263 e. The molecule has 0 spiro atoms. The fourth-order valence-electron chi connectivity index (χ4n) is 3.45. The van der Waals surface area contributed by atoms with Gasteiger partial charge in [0.2, 0.25) is 0 Å². The second kappa shape index (κ2) is 7.70. The number of hydrogen-bond acceptors (Lipinski definition) is 3. The third-order valence-corrected chi connectivity index (χ3v) is 4.96. The van der Waals surface area contributed by atoms with Crippen molar-refractivity contribution in [3.05, 3.63) is 65.2 Å². The topological polar surface area (TPSA) is 49.8 Å². The molecule has 0 saturated carbocycles.